The number of aryl methyl sites for hydroxylation is 1. The van der Waals surface area contributed by atoms with Crippen LogP contribution in [0.1, 0.15) is 28.0 Å². The molecule has 0 aliphatic heterocycles. The van der Waals surface area contributed by atoms with Crippen molar-refractivity contribution in [2.24, 2.45) is 0 Å². The molecule has 2 rings (SSSR count). The fourth-order valence-electron chi connectivity index (χ4n) is 2.04. The smallest absolute Gasteiger partial charge is 0.105 e. The van der Waals surface area contributed by atoms with E-state index in [2.05, 4.69) is 42.4 Å². The molecule has 104 valence electrons. The van der Waals surface area contributed by atoms with Crippen LogP contribution in [0.2, 0.25) is 0 Å². The minimum atomic E-state index is 0.933. The molecule has 3 nitrogen and oxygen atoms in total. The van der Waals surface area contributed by atoms with Crippen LogP contribution in [0, 0.1) is 6.92 Å². The molecule has 2 aromatic heterocycles. The Morgan fingerprint density at radius 2 is 2.00 bits per heavy atom. The second-order valence-corrected chi connectivity index (χ2v) is 6.08. The molecule has 1 N–H and O–H groups in total. The maximum absolute atomic E-state index is 5.33. The van der Waals surface area contributed by atoms with Gasteiger partial charge in [0.05, 0.1) is 6.26 Å². The monoisotopic (exact) mass is 278 g/mol. The lowest BCUT2D eigenvalue weighted by Gasteiger charge is -2.14. The van der Waals surface area contributed by atoms with Crippen LogP contribution < -0.4 is 5.32 Å². The third-order valence-corrected chi connectivity index (χ3v) is 4.17. The lowest BCUT2D eigenvalue weighted by Crippen LogP contribution is -2.16. The molecule has 0 aliphatic carbocycles. The second kappa shape index (κ2) is 6.89. The Morgan fingerprint density at radius 3 is 2.68 bits per heavy atom. The molecule has 19 heavy (non-hydrogen) atoms. The number of hydrogen-bond acceptors (Lipinski definition) is 4. The zero-order chi connectivity index (χ0) is 13.7. The summed E-state index contributed by atoms with van der Waals surface area (Å²) in [6.45, 7) is 8.07. The Morgan fingerprint density at radius 1 is 1.21 bits per heavy atom. The van der Waals surface area contributed by atoms with E-state index >= 15 is 0 Å². The van der Waals surface area contributed by atoms with Gasteiger partial charge in [-0.05, 0) is 38.7 Å². The van der Waals surface area contributed by atoms with Crippen LogP contribution in [0.3, 0.4) is 0 Å². The van der Waals surface area contributed by atoms with E-state index in [-0.39, 0.29) is 0 Å². The van der Waals surface area contributed by atoms with Gasteiger partial charge in [0, 0.05) is 35.0 Å². The van der Waals surface area contributed by atoms with Crippen LogP contribution >= 0.6 is 11.3 Å². The molecule has 0 unspecified atom stereocenters. The molecule has 0 aliphatic rings. The van der Waals surface area contributed by atoms with Gasteiger partial charge in [-0.15, -0.1) is 11.3 Å². The highest BCUT2D eigenvalue weighted by molar-refractivity contribution is 7.11. The first-order valence-electron chi connectivity index (χ1n) is 6.69. The Kier molecular flexibility index (Phi) is 5.19. The number of hydrogen-bond donors (Lipinski definition) is 1. The molecule has 0 atom stereocenters. The number of nitrogens with zero attached hydrogens (tertiary/aromatic N) is 1. The van der Waals surface area contributed by atoms with Crippen molar-refractivity contribution in [2.75, 3.05) is 13.6 Å². The highest BCUT2D eigenvalue weighted by Gasteiger charge is 2.07. The summed E-state index contributed by atoms with van der Waals surface area (Å²) in [5, 5.41) is 3.36. The highest BCUT2D eigenvalue weighted by atomic mass is 32.1. The predicted octanol–water partition coefficient (Wildman–Crippen LogP) is 3.39. The van der Waals surface area contributed by atoms with Crippen LogP contribution in [0.5, 0.6) is 0 Å². The first-order chi connectivity index (χ1) is 9.19. The Hall–Kier alpha value is -1.10. The summed E-state index contributed by atoms with van der Waals surface area (Å²) in [4.78, 5) is 5.14. The number of rotatable bonds is 7. The summed E-state index contributed by atoms with van der Waals surface area (Å²) < 4.78 is 5.33. The molecular formula is C15H22N2OS. The first kappa shape index (κ1) is 14.3. The van der Waals surface area contributed by atoms with E-state index in [9.17, 15) is 0 Å². The van der Waals surface area contributed by atoms with Crippen molar-refractivity contribution in [2.45, 2.75) is 33.5 Å². The molecule has 2 heterocycles. The fraction of sp³-hybridized carbons (Fsp3) is 0.467. The molecule has 0 bridgehead atoms. The van der Waals surface area contributed by atoms with Crippen molar-refractivity contribution < 1.29 is 4.42 Å². The maximum Gasteiger partial charge on any atom is 0.105 e. The van der Waals surface area contributed by atoms with Gasteiger partial charge in [0.2, 0.25) is 0 Å². The lowest BCUT2D eigenvalue weighted by molar-refractivity contribution is 0.319. The minimum absolute atomic E-state index is 0.933. The van der Waals surface area contributed by atoms with Crippen molar-refractivity contribution in [3.63, 3.8) is 0 Å². The van der Waals surface area contributed by atoms with E-state index in [1.54, 1.807) is 6.26 Å². The van der Waals surface area contributed by atoms with Gasteiger partial charge in [-0.2, -0.15) is 0 Å². The molecule has 0 aromatic carbocycles. The van der Waals surface area contributed by atoms with E-state index in [0.29, 0.717) is 0 Å². The lowest BCUT2D eigenvalue weighted by atomic mass is 10.2. The largest absolute Gasteiger partial charge is 0.469 e. The molecule has 2 aromatic rings. The van der Waals surface area contributed by atoms with Crippen molar-refractivity contribution in [3.05, 3.63) is 45.5 Å². The average Bonchev–Trinajstić information content (AvgIpc) is 2.97. The van der Waals surface area contributed by atoms with Gasteiger partial charge >= 0.3 is 0 Å². The van der Waals surface area contributed by atoms with Crippen molar-refractivity contribution in [1.29, 1.82) is 0 Å². The maximum atomic E-state index is 5.33. The van der Waals surface area contributed by atoms with E-state index in [0.717, 1.165) is 31.9 Å². The van der Waals surface area contributed by atoms with Gasteiger partial charge in [-0.3, -0.25) is 4.90 Å². The van der Waals surface area contributed by atoms with E-state index in [4.69, 9.17) is 4.42 Å². The summed E-state index contributed by atoms with van der Waals surface area (Å²) in [7, 11) is 2.15. The van der Waals surface area contributed by atoms with Gasteiger partial charge in [0.1, 0.15) is 5.76 Å². The molecule has 0 saturated carbocycles. The SMILES string of the molecule is CCNCc1ccc(CN(C)Cc2ccoc2C)s1. The predicted molar refractivity (Wildman–Crippen MR) is 80.3 cm³/mol. The quantitative estimate of drug-likeness (QED) is 0.841. The van der Waals surface area contributed by atoms with Crippen LogP contribution in [0.4, 0.5) is 0 Å². The third-order valence-electron chi connectivity index (χ3n) is 3.10. The molecule has 0 radical (unpaired) electrons. The molecule has 0 amide bonds. The number of nitrogens with one attached hydrogen (secondary N) is 1. The zero-order valence-corrected chi connectivity index (χ0v) is 12.7. The van der Waals surface area contributed by atoms with E-state index in [1.165, 1.54) is 15.3 Å². The van der Waals surface area contributed by atoms with Gasteiger partial charge in [-0.25, -0.2) is 0 Å². The fourth-order valence-corrected chi connectivity index (χ4v) is 3.11. The number of furan rings is 1. The van der Waals surface area contributed by atoms with E-state index in [1.807, 2.05) is 18.3 Å². The van der Waals surface area contributed by atoms with Crippen LogP contribution in [-0.2, 0) is 19.6 Å². The molecule has 0 spiro atoms. The van der Waals surface area contributed by atoms with E-state index < -0.39 is 0 Å². The second-order valence-electron chi connectivity index (χ2n) is 4.82. The normalized spacial score (nSPS) is 11.4. The summed E-state index contributed by atoms with van der Waals surface area (Å²) in [5.74, 6) is 1.02. The van der Waals surface area contributed by atoms with Crippen LogP contribution in [0.25, 0.3) is 0 Å². The summed E-state index contributed by atoms with van der Waals surface area (Å²) in [6, 6.07) is 6.51. The van der Waals surface area contributed by atoms with Crippen molar-refractivity contribution >= 4 is 11.3 Å². The molecule has 0 fully saturated rings. The highest BCUT2D eigenvalue weighted by Crippen LogP contribution is 2.19. The Bertz CT molecular complexity index is 504. The van der Waals surface area contributed by atoms with Crippen LogP contribution in [-0.4, -0.2) is 18.5 Å². The Labute approximate surface area is 119 Å². The van der Waals surface area contributed by atoms with Crippen LogP contribution in [0.15, 0.2) is 28.9 Å². The van der Waals surface area contributed by atoms with Gasteiger partial charge in [-0.1, -0.05) is 6.92 Å². The average molecular weight is 278 g/mol. The summed E-state index contributed by atoms with van der Waals surface area (Å²) >= 11 is 1.89. The zero-order valence-electron chi connectivity index (χ0n) is 11.9. The van der Waals surface area contributed by atoms with Crippen molar-refractivity contribution in [3.8, 4) is 0 Å². The number of thiophene rings is 1. The molecule has 0 saturated heterocycles. The summed E-state index contributed by atoms with van der Waals surface area (Å²) in [6.07, 6.45) is 1.76. The third kappa shape index (κ3) is 4.20. The molecule has 4 heteroatoms. The standard InChI is InChI=1S/C15H22N2OS/c1-4-16-9-14-5-6-15(19-14)11-17(3)10-13-7-8-18-12(13)2/h5-8,16H,4,9-11H2,1-3H3. The minimum Gasteiger partial charge on any atom is -0.469 e. The van der Waals surface area contributed by atoms with Crippen molar-refractivity contribution in [1.82, 2.24) is 10.2 Å². The molecular weight excluding hydrogens is 256 g/mol. The topological polar surface area (TPSA) is 28.4 Å². The Balaban J connectivity index is 1.86. The first-order valence-corrected chi connectivity index (χ1v) is 7.50. The summed E-state index contributed by atoms with van der Waals surface area (Å²) in [5.41, 5.74) is 1.27. The van der Waals surface area contributed by atoms with Gasteiger partial charge < -0.3 is 9.73 Å². The van der Waals surface area contributed by atoms with Gasteiger partial charge in [0.25, 0.3) is 0 Å². The van der Waals surface area contributed by atoms with Gasteiger partial charge in [0.15, 0.2) is 0 Å².